The molecule has 1 aromatic carbocycles. The van der Waals surface area contributed by atoms with E-state index in [2.05, 4.69) is 11.9 Å². The number of nitrogens with two attached hydrogens (primary N) is 1. The van der Waals surface area contributed by atoms with Crippen molar-refractivity contribution in [1.29, 1.82) is 0 Å². The van der Waals surface area contributed by atoms with Crippen molar-refractivity contribution < 1.29 is 4.39 Å². The van der Waals surface area contributed by atoms with E-state index in [0.29, 0.717) is 17.6 Å². The number of rotatable bonds is 5. The molecule has 1 aliphatic carbocycles. The molecule has 1 aliphatic rings. The molecule has 1 aromatic rings. The summed E-state index contributed by atoms with van der Waals surface area (Å²) in [5.41, 5.74) is 6.75. The third kappa shape index (κ3) is 3.18. The molecule has 0 bridgehead atoms. The van der Waals surface area contributed by atoms with Gasteiger partial charge in [0, 0.05) is 24.2 Å². The van der Waals surface area contributed by atoms with E-state index in [4.69, 9.17) is 17.3 Å². The molecule has 1 atom stereocenters. The number of halogens is 2. The van der Waals surface area contributed by atoms with Crippen LogP contribution in [0.4, 0.5) is 4.39 Å². The number of benzene rings is 1. The monoisotopic (exact) mass is 256 g/mol. The maximum absolute atomic E-state index is 12.9. The lowest BCUT2D eigenvalue weighted by atomic mass is 10.1. The Morgan fingerprint density at radius 2 is 2.24 bits per heavy atom. The SMILES string of the molecule is CN(Cc1ccc(F)cc1Cl)C(CN)C1CC1. The molecule has 0 aliphatic heterocycles. The van der Waals surface area contributed by atoms with E-state index in [-0.39, 0.29) is 5.82 Å². The van der Waals surface area contributed by atoms with Gasteiger partial charge >= 0.3 is 0 Å². The minimum atomic E-state index is -0.293. The summed E-state index contributed by atoms with van der Waals surface area (Å²) in [5.74, 6) is 0.434. The lowest BCUT2D eigenvalue weighted by molar-refractivity contribution is 0.215. The summed E-state index contributed by atoms with van der Waals surface area (Å²) in [5, 5.41) is 0.489. The summed E-state index contributed by atoms with van der Waals surface area (Å²) < 4.78 is 12.9. The van der Waals surface area contributed by atoms with Crippen molar-refractivity contribution in [3.8, 4) is 0 Å². The Morgan fingerprint density at radius 1 is 1.53 bits per heavy atom. The van der Waals surface area contributed by atoms with E-state index < -0.39 is 0 Å². The Labute approximate surface area is 107 Å². The molecule has 0 saturated heterocycles. The highest BCUT2D eigenvalue weighted by molar-refractivity contribution is 6.31. The fraction of sp³-hybridized carbons (Fsp3) is 0.538. The third-order valence-electron chi connectivity index (χ3n) is 3.41. The van der Waals surface area contributed by atoms with Gasteiger partial charge in [-0.3, -0.25) is 4.90 Å². The Hall–Kier alpha value is -0.640. The van der Waals surface area contributed by atoms with Crippen molar-refractivity contribution in [1.82, 2.24) is 4.90 Å². The molecule has 17 heavy (non-hydrogen) atoms. The summed E-state index contributed by atoms with van der Waals surface area (Å²) in [6, 6.07) is 4.97. The standard InChI is InChI=1S/C13H18ClFN2/c1-17(13(7-16)9-2-3-9)8-10-4-5-11(15)6-12(10)14/h4-6,9,13H,2-3,7-8,16H2,1H3. The van der Waals surface area contributed by atoms with E-state index in [9.17, 15) is 4.39 Å². The second-order valence-electron chi connectivity index (χ2n) is 4.79. The van der Waals surface area contributed by atoms with Gasteiger partial charge in [0.05, 0.1) is 0 Å². The van der Waals surface area contributed by atoms with Crippen LogP contribution in [-0.2, 0) is 6.54 Å². The van der Waals surface area contributed by atoms with Crippen LogP contribution < -0.4 is 5.73 Å². The van der Waals surface area contributed by atoms with Gasteiger partial charge < -0.3 is 5.73 Å². The van der Waals surface area contributed by atoms with Crippen LogP contribution in [0.25, 0.3) is 0 Å². The number of hydrogen-bond acceptors (Lipinski definition) is 2. The molecular formula is C13H18ClFN2. The average molecular weight is 257 g/mol. The van der Waals surface area contributed by atoms with E-state index in [1.54, 1.807) is 6.07 Å². The summed E-state index contributed by atoms with van der Waals surface area (Å²) in [4.78, 5) is 2.22. The Morgan fingerprint density at radius 3 is 2.76 bits per heavy atom. The number of likely N-dealkylation sites (N-methyl/N-ethyl adjacent to an activating group) is 1. The molecule has 94 valence electrons. The zero-order chi connectivity index (χ0) is 12.4. The smallest absolute Gasteiger partial charge is 0.124 e. The first kappa shape index (κ1) is 12.8. The largest absolute Gasteiger partial charge is 0.329 e. The summed E-state index contributed by atoms with van der Waals surface area (Å²) in [7, 11) is 2.05. The van der Waals surface area contributed by atoms with Crippen molar-refractivity contribution in [3.05, 3.63) is 34.6 Å². The molecule has 0 radical (unpaired) electrons. The van der Waals surface area contributed by atoms with Crippen molar-refractivity contribution >= 4 is 11.6 Å². The van der Waals surface area contributed by atoms with Gasteiger partial charge in [0.1, 0.15) is 5.82 Å². The maximum atomic E-state index is 12.9. The highest BCUT2D eigenvalue weighted by Crippen LogP contribution is 2.35. The van der Waals surface area contributed by atoms with Crippen LogP contribution >= 0.6 is 11.6 Å². The van der Waals surface area contributed by atoms with Crippen LogP contribution in [0, 0.1) is 11.7 Å². The van der Waals surface area contributed by atoms with Crippen molar-refractivity contribution in [2.45, 2.75) is 25.4 Å². The van der Waals surface area contributed by atoms with Gasteiger partial charge in [0.25, 0.3) is 0 Å². The number of hydrogen-bond donors (Lipinski definition) is 1. The van der Waals surface area contributed by atoms with Crippen LogP contribution in [0.2, 0.25) is 5.02 Å². The Balaban J connectivity index is 2.03. The molecule has 2 rings (SSSR count). The predicted octanol–water partition coefficient (Wildman–Crippen LogP) is 2.65. The first-order chi connectivity index (χ1) is 8.11. The van der Waals surface area contributed by atoms with Gasteiger partial charge in [-0.05, 0) is 43.5 Å². The molecule has 1 unspecified atom stereocenters. The molecule has 0 amide bonds. The van der Waals surface area contributed by atoms with Crippen molar-refractivity contribution in [2.24, 2.45) is 11.7 Å². The lowest BCUT2D eigenvalue weighted by Gasteiger charge is -2.27. The lowest BCUT2D eigenvalue weighted by Crippen LogP contribution is -2.39. The minimum Gasteiger partial charge on any atom is -0.329 e. The van der Waals surface area contributed by atoms with Gasteiger partial charge in [-0.15, -0.1) is 0 Å². The summed E-state index contributed by atoms with van der Waals surface area (Å²) >= 11 is 6.02. The normalized spacial score (nSPS) is 17.5. The topological polar surface area (TPSA) is 29.3 Å². The zero-order valence-electron chi connectivity index (χ0n) is 10.00. The van der Waals surface area contributed by atoms with E-state index >= 15 is 0 Å². The Kier molecular flexibility index (Phi) is 4.02. The molecular weight excluding hydrogens is 239 g/mol. The van der Waals surface area contributed by atoms with Gasteiger partial charge in [0.15, 0.2) is 0 Å². The average Bonchev–Trinajstić information content (AvgIpc) is 3.08. The van der Waals surface area contributed by atoms with E-state index in [1.165, 1.54) is 25.0 Å². The van der Waals surface area contributed by atoms with Crippen LogP contribution in [0.15, 0.2) is 18.2 Å². The molecule has 1 fully saturated rings. The molecule has 4 heteroatoms. The second-order valence-corrected chi connectivity index (χ2v) is 5.20. The maximum Gasteiger partial charge on any atom is 0.124 e. The van der Waals surface area contributed by atoms with Gasteiger partial charge in [-0.2, -0.15) is 0 Å². The predicted molar refractivity (Wildman–Crippen MR) is 68.4 cm³/mol. The zero-order valence-corrected chi connectivity index (χ0v) is 10.8. The first-order valence-corrected chi connectivity index (χ1v) is 6.34. The summed E-state index contributed by atoms with van der Waals surface area (Å²) in [6.45, 7) is 1.39. The van der Waals surface area contributed by atoms with Crippen LogP contribution in [0.3, 0.4) is 0 Å². The Bertz CT molecular complexity index is 393. The molecule has 0 spiro atoms. The first-order valence-electron chi connectivity index (χ1n) is 5.96. The van der Waals surface area contributed by atoms with Crippen LogP contribution in [0.1, 0.15) is 18.4 Å². The van der Waals surface area contributed by atoms with Crippen LogP contribution in [0.5, 0.6) is 0 Å². The molecule has 2 nitrogen and oxygen atoms in total. The highest BCUT2D eigenvalue weighted by atomic mass is 35.5. The van der Waals surface area contributed by atoms with Gasteiger partial charge in [-0.1, -0.05) is 17.7 Å². The minimum absolute atomic E-state index is 0.293. The van der Waals surface area contributed by atoms with Crippen LogP contribution in [-0.4, -0.2) is 24.5 Å². The van der Waals surface area contributed by atoms with Gasteiger partial charge in [0.2, 0.25) is 0 Å². The fourth-order valence-corrected chi connectivity index (χ4v) is 2.48. The quantitative estimate of drug-likeness (QED) is 0.878. The fourth-order valence-electron chi connectivity index (χ4n) is 2.25. The molecule has 0 heterocycles. The second kappa shape index (κ2) is 5.34. The summed E-state index contributed by atoms with van der Waals surface area (Å²) in [6.07, 6.45) is 2.53. The van der Waals surface area contributed by atoms with Gasteiger partial charge in [-0.25, -0.2) is 4.39 Å². The molecule has 0 aromatic heterocycles. The van der Waals surface area contributed by atoms with E-state index in [0.717, 1.165) is 18.0 Å². The van der Waals surface area contributed by atoms with Crippen molar-refractivity contribution in [2.75, 3.05) is 13.6 Å². The molecule has 2 N–H and O–H groups in total. The van der Waals surface area contributed by atoms with E-state index in [1.807, 2.05) is 0 Å². The third-order valence-corrected chi connectivity index (χ3v) is 3.76. The highest BCUT2D eigenvalue weighted by Gasteiger charge is 2.32. The number of nitrogens with zero attached hydrogens (tertiary/aromatic N) is 1. The molecule has 1 saturated carbocycles. The van der Waals surface area contributed by atoms with Crippen molar-refractivity contribution in [3.63, 3.8) is 0 Å².